The molecule has 7 heteroatoms. The SMILES string of the molecule is Cc1cc(CC(=O)CC2CCC(CCN3CCc4sc(N5CC(C)C5)nc4C3)CC2)on1. The van der Waals surface area contributed by atoms with Gasteiger partial charge < -0.3 is 9.42 Å². The van der Waals surface area contributed by atoms with Gasteiger partial charge in [0.2, 0.25) is 0 Å². The van der Waals surface area contributed by atoms with Crippen molar-refractivity contribution in [3.8, 4) is 0 Å². The van der Waals surface area contributed by atoms with Gasteiger partial charge in [0.15, 0.2) is 5.13 Å². The molecule has 6 nitrogen and oxygen atoms in total. The Morgan fingerprint density at radius 1 is 1.22 bits per heavy atom. The Hall–Kier alpha value is -1.73. The number of carbonyl (C=O) groups excluding carboxylic acids is 1. The van der Waals surface area contributed by atoms with Crippen LogP contribution in [0.4, 0.5) is 5.13 Å². The van der Waals surface area contributed by atoms with Crippen LogP contribution in [-0.4, -0.2) is 47.0 Å². The van der Waals surface area contributed by atoms with Crippen molar-refractivity contribution in [3.05, 3.63) is 28.1 Å². The smallest absolute Gasteiger partial charge is 0.185 e. The highest BCUT2D eigenvalue weighted by atomic mass is 32.1. The summed E-state index contributed by atoms with van der Waals surface area (Å²) < 4.78 is 5.20. The molecule has 4 heterocycles. The molecule has 1 aliphatic carbocycles. The zero-order chi connectivity index (χ0) is 22.1. The van der Waals surface area contributed by atoms with E-state index in [1.807, 2.05) is 24.3 Å². The lowest BCUT2D eigenvalue weighted by Crippen LogP contribution is -2.45. The maximum atomic E-state index is 12.4. The third-order valence-corrected chi connectivity index (χ3v) is 8.73. The predicted octanol–water partition coefficient (Wildman–Crippen LogP) is 4.65. The van der Waals surface area contributed by atoms with E-state index in [0.717, 1.165) is 30.5 Å². The summed E-state index contributed by atoms with van der Waals surface area (Å²) in [7, 11) is 0. The first-order valence-corrected chi connectivity index (χ1v) is 13.2. The minimum Gasteiger partial charge on any atom is -0.361 e. The molecule has 0 unspecified atom stereocenters. The van der Waals surface area contributed by atoms with Crippen molar-refractivity contribution in [2.45, 2.75) is 71.8 Å². The van der Waals surface area contributed by atoms with Gasteiger partial charge in [-0.25, -0.2) is 4.98 Å². The second-order valence-corrected chi connectivity index (χ2v) is 11.5. The average molecular weight is 457 g/mol. The molecule has 3 aliphatic rings. The third-order valence-electron chi connectivity index (χ3n) is 7.51. The average Bonchev–Trinajstić information content (AvgIpc) is 3.36. The maximum absolute atomic E-state index is 12.4. The topological polar surface area (TPSA) is 62.5 Å². The largest absolute Gasteiger partial charge is 0.361 e. The lowest BCUT2D eigenvalue weighted by atomic mass is 9.78. The number of rotatable bonds is 8. The summed E-state index contributed by atoms with van der Waals surface area (Å²) in [6.07, 6.45) is 8.47. The van der Waals surface area contributed by atoms with Gasteiger partial charge in [-0.3, -0.25) is 9.69 Å². The van der Waals surface area contributed by atoms with Crippen molar-refractivity contribution in [1.29, 1.82) is 0 Å². The molecule has 0 aromatic carbocycles. The molecule has 2 aromatic rings. The van der Waals surface area contributed by atoms with Gasteiger partial charge in [0, 0.05) is 43.5 Å². The van der Waals surface area contributed by atoms with Gasteiger partial charge in [-0.15, -0.1) is 11.3 Å². The van der Waals surface area contributed by atoms with Crippen molar-refractivity contribution in [2.75, 3.05) is 31.1 Å². The van der Waals surface area contributed by atoms with E-state index in [0.29, 0.717) is 30.3 Å². The van der Waals surface area contributed by atoms with Crippen molar-refractivity contribution in [3.63, 3.8) is 0 Å². The van der Waals surface area contributed by atoms with Crippen LogP contribution in [-0.2, 0) is 24.2 Å². The summed E-state index contributed by atoms with van der Waals surface area (Å²) in [4.78, 5) is 23.9. The van der Waals surface area contributed by atoms with Crippen LogP contribution in [0, 0.1) is 24.7 Å². The van der Waals surface area contributed by atoms with Crippen molar-refractivity contribution >= 4 is 22.3 Å². The van der Waals surface area contributed by atoms with Gasteiger partial charge in [0.05, 0.1) is 17.8 Å². The quantitative estimate of drug-likeness (QED) is 0.576. The first kappa shape index (κ1) is 22.1. The lowest BCUT2D eigenvalue weighted by Gasteiger charge is -2.36. The van der Waals surface area contributed by atoms with Gasteiger partial charge in [-0.05, 0) is 56.9 Å². The second kappa shape index (κ2) is 9.64. The molecule has 0 N–H and O–H groups in total. The van der Waals surface area contributed by atoms with Crippen LogP contribution in [0.5, 0.6) is 0 Å². The van der Waals surface area contributed by atoms with E-state index in [1.165, 1.54) is 74.0 Å². The van der Waals surface area contributed by atoms with Crippen LogP contribution in [0.25, 0.3) is 0 Å². The highest BCUT2D eigenvalue weighted by Crippen LogP contribution is 2.35. The van der Waals surface area contributed by atoms with Crippen molar-refractivity contribution in [2.24, 2.45) is 17.8 Å². The molecule has 0 atom stereocenters. The Morgan fingerprint density at radius 3 is 2.72 bits per heavy atom. The van der Waals surface area contributed by atoms with E-state index in [9.17, 15) is 4.79 Å². The molecule has 0 spiro atoms. The molecular formula is C25H36N4O2S. The minimum atomic E-state index is 0.295. The highest BCUT2D eigenvalue weighted by Gasteiger charge is 2.29. The number of Topliss-reactive ketones (excluding diaryl/α,β-unsaturated/α-hetero) is 1. The molecular weight excluding hydrogens is 420 g/mol. The zero-order valence-corrected chi connectivity index (χ0v) is 20.3. The molecule has 0 bridgehead atoms. The van der Waals surface area contributed by atoms with Crippen LogP contribution >= 0.6 is 11.3 Å². The molecule has 2 fully saturated rings. The standard InChI is InChI=1S/C25H36N4O2S/c1-17-14-29(15-17)25-26-23-16-28(10-8-24(23)32-25)9-7-19-3-5-20(6-4-19)12-21(30)13-22-11-18(2)27-31-22/h11,17,19-20H,3-10,12-16H2,1-2H3. The van der Waals surface area contributed by atoms with Crippen molar-refractivity contribution in [1.82, 2.24) is 15.0 Å². The van der Waals surface area contributed by atoms with Gasteiger partial charge in [-0.1, -0.05) is 24.9 Å². The molecule has 1 saturated carbocycles. The number of hydrogen-bond acceptors (Lipinski definition) is 7. The fourth-order valence-corrected chi connectivity index (χ4v) is 6.67. The van der Waals surface area contributed by atoms with Gasteiger partial charge in [0.25, 0.3) is 0 Å². The third kappa shape index (κ3) is 5.25. The number of fused-ring (bicyclic) bond motifs is 1. The van der Waals surface area contributed by atoms with E-state index in [-0.39, 0.29) is 0 Å². The molecule has 5 rings (SSSR count). The van der Waals surface area contributed by atoms with Crippen LogP contribution < -0.4 is 4.90 Å². The summed E-state index contributed by atoms with van der Waals surface area (Å²) in [6, 6.07) is 1.87. The van der Waals surface area contributed by atoms with E-state index < -0.39 is 0 Å². The summed E-state index contributed by atoms with van der Waals surface area (Å²) in [6.45, 7) is 9.94. The fraction of sp³-hybridized carbons (Fsp3) is 0.720. The first-order chi connectivity index (χ1) is 15.5. The Balaban J connectivity index is 1.02. The van der Waals surface area contributed by atoms with E-state index in [2.05, 4.69) is 21.9 Å². The number of thiazole rings is 1. The number of ketones is 1. The van der Waals surface area contributed by atoms with Crippen LogP contribution in [0.3, 0.4) is 0 Å². The summed E-state index contributed by atoms with van der Waals surface area (Å²) in [5.41, 5.74) is 2.18. The monoisotopic (exact) mass is 456 g/mol. The fourth-order valence-electron chi connectivity index (χ4n) is 5.60. The van der Waals surface area contributed by atoms with Crippen LogP contribution in [0.15, 0.2) is 10.6 Å². The maximum Gasteiger partial charge on any atom is 0.185 e. The molecule has 2 aliphatic heterocycles. The Bertz CT molecular complexity index is 924. The Kier molecular flexibility index (Phi) is 6.65. The van der Waals surface area contributed by atoms with E-state index in [4.69, 9.17) is 9.51 Å². The van der Waals surface area contributed by atoms with Gasteiger partial charge in [-0.2, -0.15) is 0 Å². The number of aryl methyl sites for hydroxylation is 1. The molecule has 32 heavy (non-hydrogen) atoms. The predicted molar refractivity (Wildman–Crippen MR) is 127 cm³/mol. The lowest BCUT2D eigenvalue weighted by molar-refractivity contribution is -0.119. The van der Waals surface area contributed by atoms with Crippen molar-refractivity contribution < 1.29 is 9.32 Å². The number of anilines is 1. The van der Waals surface area contributed by atoms with Crippen LogP contribution in [0.2, 0.25) is 0 Å². The van der Waals surface area contributed by atoms with Gasteiger partial charge in [0.1, 0.15) is 11.5 Å². The number of carbonyl (C=O) groups is 1. The van der Waals surface area contributed by atoms with Crippen LogP contribution in [0.1, 0.15) is 67.5 Å². The summed E-state index contributed by atoms with van der Waals surface area (Å²) in [5.74, 6) is 3.19. The first-order valence-electron chi connectivity index (χ1n) is 12.4. The van der Waals surface area contributed by atoms with E-state index >= 15 is 0 Å². The molecule has 2 aromatic heterocycles. The molecule has 1 saturated heterocycles. The number of nitrogens with zero attached hydrogens (tertiary/aromatic N) is 4. The van der Waals surface area contributed by atoms with E-state index in [1.54, 1.807) is 0 Å². The molecule has 0 radical (unpaired) electrons. The zero-order valence-electron chi connectivity index (χ0n) is 19.5. The minimum absolute atomic E-state index is 0.295. The summed E-state index contributed by atoms with van der Waals surface area (Å²) >= 11 is 1.93. The molecule has 174 valence electrons. The number of aromatic nitrogens is 2. The second-order valence-electron chi connectivity index (χ2n) is 10.4. The number of hydrogen-bond donors (Lipinski definition) is 0. The Morgan fingerprint density at radius 2 is 2.00 bits per heavy atom. The normalized spacial score (nSPS) is 24.4. The molecule has 0 amide bonds. The van der Waals surface area contributed by atoms with Gasteiger partial charge >= 0.3 is 0 Å². The summed E-state index contributed by atoms with van der Waals surface area (Å²) in [5, 5.41) is 5.13. The Labute approximate surface area is 195 Å². The highest BCUT2D eigenvalue weighted by molar-refractivity contribution is 7.15.